The van der Waals surface area contributed by atoms with Gasteiger partial charge in [-0.1, -0.05) is 0 Å². The molecule has 0 radical (unpaired) electrons. The minimum atomic E-state index is -0.491. The summed E-state index contributed by atoms with van der Waals surface area (Å²) in [4.78, 5) is 32.6. The summed E-state index contributed by atoms with van der Waals surface area (Å²) in [6.45, 7) is 8.63. The molecule has 0 unspecified atom stereocenters. The minimum Gasteiger partial charge on any atom is -0.480 e. The number of hydrogen-bond acceptors (Lipinski definition) is 6. The van der Waals surface area contributed by atoms with E-state index >= 15 is 0 Å². The van der Waals surface area contributed by atoms with Gasteiger partial charge in [0.2, 0.25) is 0 Å². The number of likely N-dealkylation sites (tertiary alicyclic amines) is 1. The standard InChI is InChI=1S/C19H27BrN4O4/c1-19(2,3)28-18(26)21-13-6-8-23(9-7-13)10-11-24-16(25)12-27-14-4-5-15(20)22-17(14)24/h4-5,13H,6-12H2,1-3H3,(H,21,26). The molecule has 0 aromatic carbocycles. The zero-order chi connectivity index (χ0) is 20.3. The first-order valence-electron chi connectivity index (χ1n) is 9.53. The molecule has 1 N–H and O–H groups in total. The Balaban J connectivity index is 1.48. The van der Waals surface area contributed by atoms with Crippen molar-refractivity contribution >= 4 is 33.7 Å². The van der Waals surface area contributed by atoms with E-state index in [1.807, 2.05) is 26.8 Å². The van der Waals surface area contributed by atoms with Gasteiger partial charge in [-0.25, -0.2) is 9.78 Å². The number of anilines is 1. The molecular weight excluding hydrogens is 428 g/mol. The van der Waals surface area contributed by atoms with Gasteiger partial charge in [0.15, 0.2) is 18.2 Å². The van der Waals surface area contributed by atoms with Crippen LogP contribution >= 0.6 is 15.9 Å². The summed E-state index contributed by atoms with van der Waals surface area (Å²) >= 11 is 3.35. The van der Waals surface area contributed by atoms with Crippen LogP contribution in [0.15, 0.2) is 16.7 Å². The molecule has 3 heterocycles. The Labute approximate surface area is 173 Å². The molecule has 1 aromatic heterocycles. The summed E-state index contributed by atoms with van der Waals surface area (Å²) in [5.74, 6) is 1.11. The highest BCUT2D eigenvalue weighted by molar-refractivity contribution is 9.10. The van der Waals surface area contributed by atoms with Crippen LogP contribution in [-0.2, 0) is 9.53 Å². The van der Waals surface area contributed by atoms with E-state index in [0.717, 1.165) is 32.5 Å². The molecular formula is C19H27BrN4O4. The molecule has 0 atom stereocenters. The molecule has 2 aliphatic rings. The zero-order valence-corrected chi connectivity index (χ0v) is 18.1. The lowest BCUT2D eigenvalue weighted by Gasteiger charge is -2.35. The number of halogens is 1. The van der Waals surface area contributed by atoms with E-state index in [-0.39, 0.29) is 24.6 Å². The van der Waals surface area contributed by atoms with Gasteiger partial charge in [0.25, 0.3) is 5.91 Å². The lowest BCUT2D eigenvalue weighted by Crippen LogP contribution is -2.49. The molecule has 0 bridgehead atoms. The molecule has 0 spiro atoms. The second-order valence-corrected chi connectivity index (χ2v) is 8.86. The van der Waals surface area contributed by atoms with Gasteiger partial charge in [0.1, 0.15) is 10.2 Å². The molecule has 1 fully saturated rings. The van der Waals surface area contributed by atoms with Crippen LogP contribution in [0.25, 0.3) is 0 Å². The van der Waals surface area contributed by atoms with Crippen LogP contribution < -0.4 is 15.0 Å². The third kappa shape index (κ3) is 5.57. The summed E-state index contributed by atoms with van der Waals surface area (Å²) in [6, 6.07) is 3.74. The van der Waals surface area contributed by atoms with Crippen molar-refractivity contribution in [3.63, 3.8) is 0 Å². The van der Waals surface area contributed by atoms with Gasteiger partial charge in [-0.05, 0) is 61.7 Å². The number of nitrogens with one attached hydrogen (secondary N) is 1. The predicted molar refractivity (Wildman–Crippen MR) is 109 cm³/mol. The summed E-state index contributed by atoms with van der Waals surface area (Å²) in [6.07, 6.45) is 1.35. The van der Waals surface area contributed by atoms with Gasteiger partial charge >= 0.3 is 6.09 Å². The van der Waals surface area contributed by atoms with Crippen molar-refractivity contribution in [1.29, 1.82) is 0 Å². The Morgan fingerprint density at radius 1 is 1.32 bits per heavy atom. The average Bonchev–Trinajstić information content (AvgIpc) is 2.60. The number of ether oxygens (including phenoxy) is 2. The number of nitrogens with zero attached hydrogens (tertiary/aromatic N) is 3. The Morgan fingerprint density at radius 3 is 2.71 bits per heavy atom. The SMILES string of the molecule is CC(C)(C)OC(=O)NC1CCN(CCN2C(=O)COc3ccc(Br)nc32)CC1. The van der Waals surface area contributed by atoms with Crippen molar-refractivity contribution in [2.45, 2.75) is 45.3 Å². The van der Waals surface area contributed by atoms with Crippen LogP contribution in [0, 0.1) is 0 Å². The maximum Gasteiger partial charge on any atom is 0.407 e. The van der Waals surface area contributed by atoms with Crippen molar-refractivity contribution in [1.82, 2.24) is 15.2 Å². The molecule has 9 heteroatoms. The molecule has 1 saturated heterocycles. The number of carbonyl (C=O) groups is 2. The third-order valence-electron chi connectivity index (χ3n) is 4.66. The number of amides is 2. The largest absolute Gasteiger partial charge is 0.480 e. The number of alkyl carbamates (subject to hydrolysis) is 1. The molecule has 2 amide bonds. The van der Waals surface area contributed by atoms with E-state index < -0.39 is 5.60 Å². The van der Waals surface area contributed by atoms with E-state index in [0.29, 0.717) is 22.7 Å². The number of pyridine rings is 1. The molecule has 154 valence electrons. The van der Waals surface area contributed by atoms with Crippen LogP contribution in [0.1, 0.15) is 33.6 Å². The normalized spacial score (nSPS) is 18.4. The summed E-state index contributed by atoms with van der Waals surface area (Å²) in [5.41, 5.74) is -0.491. The number of fused-ring (bicyclic) bond motifs is 1. The Hall–Kier alpha value is -1.87. The average molecular weight is 455 g/mol. The van der Waals surface area contributed by atoms with E-state index in [1.165, 1.54) is 0 Å². The van der Waals surface area contributed by atoms with Crippen molar-refractivity contribution < 1.29 is 19.1 Å². The topological polar surface area (TPSA) is 84.0 Å². The highest BCUT2D eigenvalue weighted by atomic mass is 79.9. The van der Waals surface area contributed by atoms with Crippen LogP contribution in [-0.4, -0.2) is 66.3 Å². The van der Waals surface area contributed by atoms with E-state index in [1.54, 1.807) is 11.0 Å². The van der Waals surface area contributed by atoms with Gasteiger partial charge in [-0.3, -0.25) is 9.69 Å². The lowest BCUT2D eigenvalue weighted by atomic mass is 10.1. The van der Waals surface area contributed by atoms with Crippen LogP contribution in [0.3, 0.4) is 0 Å². The second kappa shape index (κ2) is 8.65. The maximum absolute atomic E-state index is 12.3. The van der Waals surface area contributed by atoms with Crippen molar-refractivity contribution in [3.05, 3.63) is 16.7 Å². The minimum absolute atomic E-state index is 0.0399. The van der Waals surface area contributed by atoms with E-state index in [4.69, 9.17) is 9.47 Å². The van der Waals surface area contributed by atoms with Gasteiger partial charge in [0, 0.05) is 32.2 Å². The van der Waals surface area contributed by atoms with Gasteiger partial charge in [-0.2, -0.15) is 0 Å². The zero-order valence-electron chi connectivity index (χ0n) is 16.5. The third-order valence-corrected chi connectivity index (χ3v) is 5.10. The Bertz CT molecular complexity index is 729. The summed E-state index contributed by atoms with van der Waals surface area (Å²) < 4.78 is 11.4. The molecule has 2 aliphatic heterocycles. The molecule has 0 saturated carbocycles. The fourth-order valence-electron chi connectivity index (χ4n) is 3.30. The van der Waals surface area contributed by atoms with Crippen LogP contribution in [0.5, 0.6) is 5.75 Å². The smallest absolute Gasteiger partial charge is 0.407 e. The van der Waals surface area contributed by atoms with Gasteiger partial charge < -0.3 is 19.7 Å². The van der Waals surface area contributed by atoms with Crippen LogP contribution in [0.4, 0.5) is 10.6 Å². The monoisotopic (exact) mass is 454 g/mol. The summed E-state index contributed by atoms with van der Waals surface area (Å²) in [5, 5.41) is 2.94. The van der Waals surface area contributed by atoms with Crippen molar-refractivity contribution in [2.75, 3.05) is 37.7 Å². The number of carbonyl (C=O) groups excluding carboxylic acids is 2. The van der Waals surface area contributed by atoms with Gasteiger partial charge in [0.05, 0.1) is 0 Å². The molecule has 1 aromatic rings. The highest BCUT2D eigenvalue weighted by Gasteiger charge is 2.29. The van der Waals surface area contributed by atoms with Crippen LogP contribution in [0.2, 0.25) is 0 Å². The Morgan fingerprint density at radius 2 is 2.04 bits per heavy atom. The fourth-order valence-corrected chi connectivity index (χ4v) is 3.60. The van der Waals surface area contributed by atoms with E-state index in [2.05, 4.69) is 31.1 Å². The lowest BCUT2D eigenvalue weighted by molar-refractivity contribution is -0.121. The predicted octanol–water partition coefficient (Wildman–Crippen LogP) is 2.56. The second-order valence-electron chi connectivity index (χ2n) is 8.05. The summed E-state index contributed by atoms with van der Waals surface area (Å²) in [7, 11) is 0. The first-order valence-corrected chi connectivity index (χ1v) is 10.3. The van der Waals surface area contributed by atoms with E-state index in [9.17, 15) is 9.59 Å². The quantitative estimate of drug-likeness (QED) is 0.703. The van der Waals surface area contributed by atoms with Gasteiger partial charge in [-0.15, -0.1) is 0 Å². The molecule has 8 nitrogen and oxygen atoms in total. The number of rotatable bonds is 4. The molecule has 3 rings (SSSR count). The highest BCUT2D eigenvalue weighted by Crippen LogP contribution is 2.31. The fraction of sp³-hybridized carbons (Fsp3) is 0.632. The van der Waals surface area contributed by atoms with Crippen molar-refractivity contribution in [3.8, 4) is 5.75 Å². The maximum atomic E-state index is 12.3. The first-order chi connectivity index (χ1) is 13.2. The first kappa shape index (κ1) is 20.9. The Kier molecular flexibility index (Phi) is 6.44. The number of aromatic nitrogens is 1. The van der Waals surface area contributed by atoms with Crippen molar-refractivity contribution in [2.24, 2.45) is 0 Å². The number of piperidine rings is 1. The molecule has 28 heavy (non-hydrogen) atoms. The number of hydrogen-bond donors (Lipinski definition) is 1. The molecule has 0 aliphatic carbocycles.